The average Bonchev–Trinajstić information content (AvgIpc) is 2.48. The summed E-state index contributed by atoms with van der Waals surface area (Å²) >= 11 is 0. The lowest BCUT2D eigenvalue weighted by atomic mass is 9.94. The summed E-state index contributed by atoms with van der Waals surface area (Å²) in [5, 5.41) is 13.9. The maximum Gasteiger partial charge on any atom is 0.335 e. The van der Waals surface area contributed by atoms with Gasteiger partial charge in [0, 0.05) is 6.54 Å². The maximum atomic E-state index is 13.5. The second-order valence-corrected chi connectivity index (χ2v) is 4.99. The quantitative estimate of drug-likeness (QED) is 0.746. The summed E-state index contributed by atoms with van der Waals surface area (Å²) in [4.78, 5) is 22.6. The van der Waals surface area contributed by atoms with Crippen LogP contribution in [-0.2, 0) is 0 Å². The molecule has 3 N–H and O–H groups in total. The van der Waals surface area contributed by atoms with E-state index in [0.29, 0.717) is 12.5 Å². The molecule has 0 radical (unpaired) electrons. The third-order valence-electron chi connectivity index (χ3n) is 3.39. The van der Waals surface area contributed by atoms with Crippen molar-refractivity contribution in [2.75, 3.05) is 11.9 Å². The van der Waals surface area contributed by atoms with Crippen LogP contribution in [0.5, 0.6) is 0 Å². The fourth-order valence-electron chi connectivity index (χ4n) is 2.20. The number of aromatic carboxylic acids is 1. The number of hydrogen-bond donors (Lipinski definition) is 3. The van der Waals surface area contributed by atoms with Crippen LogP contribution < -0.4 is 10.6 Å². The largest absolute Gasteiger partial charge is 0.478 e. The van der Waals surface area contributed by atoms with E-state index < -0.39 is 17.8 Å². The molecule has 0 aromatic heterocycles. The first-order chi connectivity index (χ1) is 10.1. The van der Waals surface area contributed by atoms with E-state index in [0.717, 1.165) is 37.5 Å². The lowest BCUT2D eigenvalue weighted by molar-refractivity contribution is 0.0697. The van der Waals surface area contributed by atoms with E-state index in [-0.39, 0.29) is 11.3 Å². The number of nitrogens with one attached hydrogen (secondary N) is 2. The molecule has 0 saturated heterocycles. The number of carbonyl (C=O) groups excluding carboxylic acids is 1. The van der Waals surface area contributed by atoms with Crippen molar-refractivity contribution in [2.24, 2.45) is 5.92 Å². The summed E-state index contributed by atoms with van der Waals surface area (Å²) in [5.74, 6) is -1.46. The van der Waals surface area contributed by atoms with Gasteiger partial charge in [-0.25, -0.2) is 14.0 Å². The van der Waals surface area contributed by atoms with Gasteiger partial charge in [0.1, 0.15) is 5.82 Å². The van der Waals surface area contributed by atoms with Crippen molar-refractivity contribution >= 4 is 17.7 Å². The highest BCUT2D eigenvalue weighted by molar-refractivity contribution is 5.93. The molecule has 0 bridgehead atoms. The number of benzene rings is 1. The summed E-state index contributed by atoms with van der Waals surface area (Å²) < 4.78 is 13.5. The van der Waals surface area contributed by atoms with E-state index in [1.165, 1.54) is 0 Å². The number of carboxylic acid groups (broad SMARTS) is 1. The molecule has 6 heteroatoms. The summed E-state index contributed by atoms with van der Waals surface area (Å²) in [6.07, 6.45) is 7.14. The Morgan fingerprint density at radius 2 is 2.14 bits per heavy atom. The van der Waals surface area contributed by atoms with Crippen molar-refractivity contribution < 1.29 is 19.1 Å². The van der Waals surface area contributed by atoms with Crippen LogP contribution in [0.25, 0.3) is 0 Å². The van der Waals surface area contributed by atoms with Gasteiger partial charge in [0.2, 0.25) is 0 Å². The second kappa shape index (κ2) is 6.88. The number of anilines is 1. The van der Waals surface area contributed by atoms with E-state index in [9.17, 15) is 14.0 Å². The predicted octanol–water partition coefficient (Wildman–Crippen LogP) is 3.00. The molecule has 1 atom stereocenters. The Morgan fingerprint density at radius 1 is 1.33 bits per heavy atom. The van der Waals surface area contributed by atoms with Gasteiger partial charge in [0.05, 0.1) is 11.3 Å². The normalized spacial score (nSPS) is 17.3. The molecule has 1 aliphatic carbocycles. The van der Waals surface area contributed by atoms with Crippen LogP contribution in [0.4, 0.5) is 14.9 Å². The Balaban J connectivity index is 1.91. The van der Waals surface area contributed by atoms with Gasteiger partial charge in [-0.3, -0.25) is 0 Å². The SMILES string of the molecule is O=C(NCC1CC=CCC1)Nc1cc(C(=O)O)ccc1F. The number of hydrogen-bond acceptors (Lipinski definition) is 2. The minimum absolute atomic E-state index is 0.0795. The van der Waals surface area contributed by atoms with Gasteiger partial charge in [0.25, 0.3) is 0 Å². The Kier molecular flexibility index (Phi) is 4.92. The molecule has 1 aliphatic rings. The fourth-order valence-corrected chi connectivity index (χ4v) is 2.20. The Bertz CT molecular complexity index is 572. The molecule has 21 heavy (non-hydrogen) atoms. The molecule has 0 spiro atoms. The summed E-state index contributed by atoms with van der Waals surface area (Å²) in [6, 6.07) is 2.73. The van der Waals surface area contributed by atoms with Gasteiger partial charge in [-0.15, -0.1) is 0 Å². The number of rotatable bonds is 4. The van der Waals surface area contributed by atoms with E-state index in [1.54, 1.807) is 0 Å². The number of allylic oxidation sites excluding steroid dienone is 2. The van der Waals surface area contributed by atoms with E-state index in [2.05, 4.69) is 22.8 Å². The average molecular weight is 292 g/mol. The smallest absolute Gasteiger partial charge is 0.335 e. The first-order valence-electron chi connectivity index (χ1n) is 6.79. The summed E-state index contributed by atoms with van der Waals surface area (Å²) in [7, 11) is 0. The van der Waals surface area contributed by atoms with Crippen molar-refractivity contribution in [1.82, 2.24) is 5.32 Å². The summed E-state index contributed by atoms with van der Waals surface area (Å²) in [5.41, 5.74) is -0.222. The minimum Gasteiger partial charge on any atom is -0.478 e. The first-order valence-corrected chi connectivity index (χ1v) is 6.79. The standard InChI is InChI=1S/C15H17FN2O3/c16-12-7-6-11(14(19)20)8-13(12)18-15(21)17-9-10-4-2-1-3-5-10/h1-2,6-8,10H,3-5,9H2,(H,19,20)(H2,17,18,21). The van der Waals surface area contributed by atoms with Gasteiger partial charge >= 0.3 is 12.0 Å². The molecule has 0 heterocycles. The monoisotopic (exact) mass is 292 g/mol. The van der Waals surface area contributed by atoms with Crippen molar-refractivity contribution in [1.29, 1.82) is 0 Å². The molecule has 1 unspecified atom stereocenters. The van der Waals surface area contributed by atoms with Crippen LogP contribution in [0.15, 0.2) is 30.4 Å². The second-order valence-electron chi connectivity index (χ2n) is 4.99. The number of urea groups is 1. The lowest BCUT2D eigenvalue weighted by Gasteiger charge is -2.18. The van der Waals surface area contributed by atoms with Gasteiger partial charge in [-0.05, 0) is 43.4 Å². The minimum atomic E-state index is -1.17. The third-order valence-corrected chi connectivity index (χ3v) is 3.39. The number of carboxylic acids is 1. The zero-order valence-corrected chi connectivity index (χ0v) is 11.4. The van der Waals surface area contributed by atoms with Crippen LogP contribution in [0, 0.1) is 11.7 Å². The highest BCUT2D eigenvalue weighted by atomic mass is 19.1. The molecule has 0 fully saturated rings. The number of amides is 2. The molecule has 0 aliphatic heterocycles. The van der Waals surface area contributed by atoms with Crippen molar-refractivity contribution in [2.45, 2.75) is 19.3 Å². The zero-order valence-electron chi connectivity index (χ0n) is 11.4. The molecular formula is C15H17FN2O3. The van der Waals surface area contributed by atoms with E-state index >= 15 is 0 Å². The molecule has 2 rings (SSSR count). The molecular weight excluding hydrogens is 275 g/mol. The Hall–Kier alpha value is -2.37. The maximum absolute atomic E-state index is 13.5. The molecule has 2 amide bonds. The van der Waals surface area contributed by atoms with Gasteiger partial charge in [0.15, 0.2) is 0 Å². The third kappa shape index (κ3) is 4.30. The molecule has 5 nitrogen and oxygen atoms in total. The van der Waals surface area contributed by atoms with Crippen LogP contribution in [0.3, 0.4) is 0 Å². The van der Waals surface area contributed by atoms with Gasteiger partial charge in [-0.1, -0.05) is 12.2 Å². The van der Waals surface area contributed by atoms with Crippen LogP contribution >= 0.6 is 0 Å². The fraction of sp³-hybridized carbons (Fsp3) is 0.333. The Labute approximate surface area is 121 Å². The van der Waals surface area contributed by atoms with E-state index in [4.69, 9.17) is 5.11 Å². The lowest BCUT2D eigenvalue weighted by Crippen LogP contribution is -2.33. The number of halogens is 1. The highest BCUT2D eigenvalue weighted by Crippen LogP contribution is 2.18. The van der Waals surface area contributed by atoms with Crippen molar-refractivity contribution in [3.63, 3.8) is 0 Å². The van der Waals surface area contributed by atoms with Gasteiger partial charge in [-0.2, -0.15) is 0 Å². The van der Waals surface area contributed by atoms with Crippen molar-refractivity contribution in [3.05, 3.63) is 41.7 Å². The predicted molar refractivity (Wildman–Crippen MR) is 76.9 cm³/mol. The molecule has 0 saturated carbocycles. The first kappa shape index (κ1) is 15.0. The molecule has 112 valence electrons. The van der Waals surface area contributed by atoms with E-state index in [1.807, 2.05) is 0 Å². The van der Waals surface area contributed by atoms with Crippen LogP contribution in [0.2, 0.25) is 0 Å². The highest BCUT2D eigenvalue weighted by Gasteiger charge is 2.13. The van der Waals surface area contributed by atoms with Gasteiger partial charge < -0.3 is 15.7 Å². The van der Waals surface area contributed by atoms with Crippen LogP contribution in [0.1, 0.15) is 29.6 Å². The number of carbonyl (C=O) groups is 2. The van der Waals surface area contributed by atoms with Crippen LogP contribution in [-0.4, -0.2) is 23.7 Å². The zero-order chi connectivity index (χ0) is 15.2. The topological polar surface area (TPSA) is 78.4 Å². The molecule has 1 aromatic rings. The van der Waals surface area contributed by atoms with Crippen molar-refractivity contribution in [3.8, 4) is 0 Å². The Morgan fingerprint density at radius 3 is 2.81 bits per heavy atom. The summed E-state index contributed by atoms with van der Waals surface area (Å²) in [6.45, 7) is 0.510. The molecule has 1 aromatic carbocycles.